The summed E-state index contributed by atoms with van der Waals surface area (Å²) in [6.45, 7) is 3.80. The Labute approximate surface area is 97.9 Å². The van der Waals surface area contributed by atoms with E-state index >= 15 is 0 Å². The third-order valence-corrected chi connectivity index (χ3v) is 4.00. The summed E-state index contributed by atoms with van der Waals surface area (Å²) in [5, 5.41) is 11.5. The molecule has 2 aliphatic rings. The van der Waals surface area contributed by atoms with E-state index in [2.05, 4.69) is 15.5 Å². The van der Waals surface area contributed by atoms with Crippen LogP contribution in [0.5, 0.6) is 0 Å². The van der Waals surface area contributed by atoms with E-state index in [0.717, 1.165) is 26.2 Å². The molecule has 3 rings (SSSR count). The summed E-state index contributed by atoms with van der Waals surface area (Å²) in [6, 6.07) is 0. The summed E-state index contributed by atoms with van der Waals surface area (Å²) in [6.07, 6.45) is 1.26. The molecule has 0 aromatic carbocycles. The number of aromatic nitrogens is 2. The average Bonchev–Trinajstić information content (AvgIpc) is 2.81. The molecule has 0 spiro atoms. The Kier molecular flexibility index (Phi) is 2.61. The molecule has 0 aliphatic carbocycles. The fraction of sp³-hybridized carbons (Fsp3) is 0.700. The van der Waals surface area contributed by atoms with Crippen LogP contribution in [0.2, 0.25) is 0 Å². The standard InChI is InChI=1S/C10H14N4OS/c15-10(9-13-12-6-16-9)14-4-7-1-8(5-14)3-11-2-7/h6-8,11H,1-5H2. The smallest absolute Gasteiger partial charge is 0.284 e. The Morgan fingerprint density at radius 3 is 2.81 bits per heavy atom. The Balaban J connectivity index is 1.73. The van der Waals surface area contributed by atoms with E-state index < -0.39 is 0 Å². The fourth-order valence-electron chi connectivity index (χ4n) is 2.67. The Hall–Kier alpha value is -1.01. The Morgan fingerprint density at radius 1 is 1.44 bits per heavy atom. The number of rotatable bonds is 1. The first-order chi connectivity index (χ1) is 7.83. The largest absolute Gasteiger partial charge is 0.336 e. The van der Waals surface area contributed by atoms with Crippen LogP contribution in [0, 0.1) is 11.8 Å². The molecule has 2 bridgehead atoms. The van der Waals surface area contributed by atoms with Crippen LogP contribution in [-0.2, 0) is 0 Å². The highest BCUT2D eigenvalue weighted by molar-refractivity contribution is 7.11. The Bertz CT molecular complexity index is 368. The minimum atomic E-state index is 0.0547. The first kappa shape index (κ1) is 10.2. The molecule has 5 nitrogen and oxygen atoms in total. The molecule has 6 heteroatoms. The van der Waals surface area contributed by atoms with Gasteiger partial charge in [0.25, 0.3) is 5.91 Å². The van der Waals surface area contributed by atoms with Crippen molar-refractivity contribution in [3.8, 4) is 0 Å². The van der Waals surface area contributed by atoms with Gasteiger partial charge in [-0.05, 0) is 31.3 Å². The molecule has 1 aromatic rings. The van der Waals surface area contributed by atoms with Crippen molar-refractivity contribution in [3.63, 3.8) is 0 Å². The van der Waals surface area contributed by atoms with Crippen molar-refractivity contribution >= 4 is 17.2 Å². The van der Waals surface area contributed by atoms with Gasteiger partial charge in [0.2, 0.25) is 5.01 Å². The van der Waals surface area contributed by atoms with Gasteiger partial charge in [-0.25, -0.2) is 0 Å². The lowest BCUT2D eigenvalue weighted by atomic mass is 9.86. The summed E-state index contributed by atoms with van der Waals surface area (Å²) in [5.41, 5.74) is 1.61. The summed E-state index contributed by atoms with van der Waals surface area (Å²) in [7, 11) is 0. The van der Waals surface area contributed by atoms with Gasteiger partial charge in [0.1, 0.15) is 5.51 Å². The molecule has 0 radical (unpaired) electrons. The molecule has 1 N–H and O–H groups in total. The van der Waals surface area contributed by atoms with Crippen molar-refractivity contribution in [1.29, 1.82) is 0 Å². The van der Waals surface area contributed by atoms with Crippen LogP contribution < -0.4 is 5.32 Å². The summed E-state index contributed by atoms with van der Waals surface area (Å²) < 4.78 is 0. The van der Waals surface area contributed by atoms with Crippen molar-refractivity contribution in [2.45, 2.75) is 6.42 Å². The first-order valence-electron chi connectivity index (χ1n) is 5.59. The number of piperidine rings is 2. The lowest BCUT2D eigenvalue weighted by Gasteiger charge is -2.41. The predicted octanol–water partition coefficient (Wildman–Crippen LogP) is 0.220. The molecule has 3 heterocycles. The van der Waals surface area contributed by atoms with Gasteiger partial charge in [0.05, 0.1) is 0 Å². The van der Waals surface area contributed by atoms with Crippen LogP contribution in [0.25, 0.3) is 0 Å². The fourth-order valence-corrected chi connectivity index (χ4v) is 3.19. The molecule has 2 aliphatic heterocycles. The lowest BCUT2D eigenvalue weighted by molar-refractivity contribution is 0.0536. The van der Waals surface area contributed by atoms with Crippen molar-refractivity contribution in [2.24, 2.45) is 11.8 Å². The normalized spacial score (nSPS) is 29.1. The van der Waals surface area contributed by atoms with Gasteiger partial charge in [-0.2, -0.15) is 0 Å². The number of nitrogens with zero attached hydrogens (tertiary/aromatic N) is 3. The van der Waals surface area contributed by atoms with E-state index in [-0.39, 0.29) is 5.91 Å². The first-order valence-corrected chi connectivity index (χ1v) is 6.47. The van der Waals surface area contributed by atoms with Crippen LogP contribution >= 0.6 is 11.3 Å². The molecule has 16 heavy (non-hydrogen) atoms. The number of carbonyl (C=O) groups is 1. The van der Waals surface area contributed by atoms with Crippen molar-refractivity contribution in [3.05, 3.63) is 10.5 Å². The SMILES string of the molecule is O=C(c1nncs1)N1CC2CNCC(C2)C1. The highest BCUT2D eigenvalue weighted by Crippen LogP contribution is 2.25. The van der Waals surface area contributed by atoms with Gasteiger partial charge < -0.3 is 10.2 Å². The maximum atomic E-state index is 12.1. The van der Waals surface area contributed by atoms with Crippen molar-refractivity contribution in [1.82, 2.24) is 20.4 Å². The second kappa shape index (κ2) is 4.10. The third kappa shape index (κ3) is 1.82. The number of fused-ring (bicyclic) bond motifs is 2. The van der Waals surface area contributed by atoms with Crippen LogP contribution in [-0.4, -0.2) is 47.2 Å². The van der Waals surface area contributed by atoms with Crippen LogP contribution in [0.3, 0.4) is 0 Å². The van der Waals surface area contributed by atoms with Gasteiger partial charge in [0.15, 0.2) is 0 Å². The van der Waals surface area contributed by atoms with Gasteiger partial charge in [-0.15, -0.1) is 10.2 Å². The second-order valence-electron chi connectivity index (χ2n) is 4.58. The number of carbonyl (C=O) groups excluding carboxylic acids is 1. The topological polar surface area (TPSA) is 58.1 Å². The Morgan fingerprint density at radius 2 is 2.19 bits per heavy atom. The van der Waals surface area contributed by atoms with Crippen LogP contribution in [0.15, 0.2) is 5.51 Å². The molecule has 2 saturated heterocycles. The minimum absolute atomic E-state index is 0.0547. The van der Waals surface area contributed by atoms with E-state index in [0.29, 0.717) is 16.8 Å². The molecule has 1 amide bonds. The molecule has 86 valence electrons. The van der Waals surface area contributed by atoms with Crippen molar-refractivity contribution < 1.29 is 4.79 Å². The zero-order valence-corrected chi connectivity index (χ0v) is 9.74. The van der Waals surface area contributed by atoms with E-state index in [1.54, 1.807) is 5.51 Å². The second-order valence-corrected chi connectivity index (χ2v) is 5.41. The van der Waals surface area contributed by atoms with E-state index in [1.807, 2.05) is 4.90 Å². The molecular weight excluding hydrogens is 224 g/mol. The number of amides is 1. The highest BCUT2D eigenvalue weighted by atomic mass is 32.1. The maximum Gasteiger partial charge on any atom is 0.284 e. The highest BCUT2D eigenvalue weighted by Gasteiger charge is 2.33. The monoisotopic (exact) mass is 238 g/mol. The number of hydrogen-bond acceptors (Lipinski definition) is 5. The van der Waals surface area contributed by atoms with Gasteiger partial charge in [-0.1, -0.05) is 11.3 Å². The molecule has 2 unspecified atom stereocenters. The summed E-state index contributed by atoms with van der Waals surface area (Å²) in [5.74, 6) is 1.29. The van der Waals surface area contributed by atoms with Crippen LogP contribution in [0.1, 0.15) is 16.2 Å². The molecule has 1 aromatic heterocycles. The van der Waals surface area contributed by atoms with Gasteiger partial charge >= 0.3 is 0 Å². The number of hydrogen-bond donors (Lipinski definition) is 1. The molecule has 2 atom stereocenters. The van der Waals surface area contributed by atoms with E-state index in [9.17, 15) is 4.79 Å². The maximum absolute atomic E-state index is 12.1. The lowest BCUT2D eigenvalue weighted by Crippen LogP contribution is -2.52. The zero-order chi connectivity index (χ0) is 11.0. The molecular formula is C10H14N4OS. The van der Waals surface area contributed by atoms with Gasteiger partial charge in [0, 0.05) is 13.1 Å². The molecule has 0 saturated carbocycles. The van der Waals surface area contributed by atoms with Crippen molar-refractivity contribution in [2.75, 3.05) is 26.2 Å². The van der Waals surface area contributed by atoms with E-state index in [4.69, 9.17) is 0 Å². The number of likely N-dealkylation sites (tertiary alicyclic amines) is 1. The van der Waals surface area contributed by atoms with E-state index in [1.165, 1.54) is 17.8 Å². The molecule has 2 fully saturated rings. The zero-order valence-electron chi connectivity index (χ0n) is 8.93. The summed E-state index contributed by atoms with van der Waals surface area (Å²) in [4.78, 5) is 14.1. The average molecular weight is 238 g/mol. The number of nitrogens with one attached hydrogen (secondary N) is 1. The quantitative estimate of drug-likeness (QED) is 0.760. The summed E-state index contributed by atoms with van der Waals surface area (Å²) >= 11 is 1.32. The van der Waals surface area contributed by atoms with Gasteiger partial charge in [-0.3, -0.25) is 4.79 Å². The van der Waals surface area contributed by atoms with Crippen LogP contribution in [0.4, 0.5) is 0 Å². The third-order valence-electron chi connectivity index (χ3n) is 3.32. The minimum Gasteiger partial charge on any atom is -0.336 e. The predicted molar refractivity (Wildman–Crippen MR) is 60.3 cm³/mol.